The fourth-order valence-electron chi connectivity index (χ4n) is 2.06. The van der Waals surface area contributed by atoms with Crippen molar-refractivity contribution in [3.63, 3.8) is 0 Å². The highest BCUT2D eigenvalue weighted by atomic mass is 15.2. The lowest BCUT2D eigenvalue weighted by Crippen LogP contribution is -2.07. The van der Waals surface area contributed by atoms with Gasteiger partial charge in [-0.15, -0.1) is 0 Å². The summed E-state index contributed by atoms with van der Waals surface area (Å²) in [5, 5.41) is 1.15. The predicted octanol–water partition coefficient (Wildman–Crippen LogP) is 2.51. The normalized spacial score (nSPS) is 10.6. The number of rotatable bonds is 3. The highest BCUT2D eigenvalue weighted by molar-refractivity contribution is 5.78. The number of nitrogens with zero attached hydrogens (tertiary/aromatic N) is 2. The molecule has 0 bridgehead atoms. The number of hydrazine groups is 1. The van der Waals surface area contributed by atoms with Crippen LogP contribution in [-0.2, 0) is 6.42 Å². The highest BCUT2D eigenvalue weighted by Crippen LogP contribution is 2.15. The van der Waals surface area contributed by atoms with Crippen LogP contribution in [0.5, 0.6) is 0 Å². The van der Waals surface area contributed by atoms with E-state index >= 15 is 0 Å². The summed E-state index contributed by atoms with van der Waals surface area (Å²) in [5.74, 6) is 5.39. The van der Waals surface area contributed by atoms with Crippen LogP contribution in [-0.4, -0.2) is 9.97 Å². The van der Waals surface area contributed by atoms with Crippen LogP contribution in [0.2, 0.25) is 0 Å². The van der Waals surface area contributed by atoms with Crippen LogP contribution >= 0.6 is 0 Å². The highest BCUT2D eigenvalue weighted by Gasteiger charge is 2.02. The second kappa shape index (κ2) is 5.04. The molecule has 3 N–H and O–H groups in total. The Morgan fingerprint density at radius 1 is 1.00 bits per heavy atom. The van der Waals surface area contributed by atoms with Gasteiger partial charge in [0.05, 0.1) is 11.2 Å². The number of para-hydroxylation sites is 1. The number of nitrogen functional groups attached to an aromatic ring is 1. The monoisotopic (exact) mass is 250 g/mol. The van der Waals surface area contributed by atoms with Gasteiger partial charge in [0, 0.05) is 29.4 Å². The molecule has 0 saturated carbocycles. The predicted molar refractivity (Wildman–Crippen MR) is 76.6 cm³/mol. The standard InChI is InChI=1S/C15H14N4/c16-19-13-7-8-17-14(10-13)9-12-6-5-11-3-1-2-4-15(11)18-12/h1-8,10H,9,16H2,(H,17,19). The molecule has 0 atom stereocenters. The van der Waals surface area contributed by atoms with E-state index in [0.717, 1.165) is 28.0 Å². The van der Waals surface area contributed by atoms with Gasteiger partial charge in [-0.3, -0.25) is 15.8 Å². The molecule has 0 radical (unpaired) electrons. The zero-order valence-corrected chi connectivity index (χ0v) is 10.4. The topological polar surface area (TPSA) is 63.8 Å². The summed E-state index contributed by atoms with van der Waals surface area (Å²) in [6.45, 7) is 0. The van der Waals surface area contributed by atoms with Gasteiger partial charge >= 0.3 is 0 Å². The van der Waals surface area contributed by atoms with E-state index < -0.39 is 0 Å². The minimum atomic E-state index is 0.695. The van der Waals surface area contributed by atoms with Crippen molar-refractivity contribution in [1.29, 1.82) is 0 Å². The minimum absolute atomic E-state index is 0.695. The summed E-state index contributed by atoms with van der Waals surface area (Å²) in [5.41, 5.74) is 6.43. The smallest absolute Gasteiger partial charge is 0.0705 e. The summed E-state index contributed by atoms with van der Waals surface area (Å²) in [4.78, 5) is 8.96. The van der Waals surface area contributed by atoms with Crippen LogP contribution in [0, 0.1) is 0 Å². The maximum atomic E-state index is 5.39. The third-order valence-corrected chi connectivity index (χ3v) is 3.00. The number of fused-ring (bicyclic) bond motifs is 1. The second-order valence-corrected chi connectivity index (χ2v) is 4.35. The molecule has 19 heavy (non-hydrogen) atoms. The third kappa shape index (κ3) is 2.53. The molecule has 4 nitrogen and oxygen atoms in total. The van der Waals surface area contributed by atoms with Gasteiger partial charge in [0.15, 0.2) is 0 Å². The van der Waals surface area contributed by atoms with Crippen molar-refractivity contribution in [3.05, 3.63) is 66.1 Å². The summed E-state index contributed by atoms with van der Waals surface area (Å²) >= 11 is 0. The number of nitrogens with two attached hydrogens (primary N) is 1. The summed E-state index contributed by atoms with van der Waals surface area (Å²) in [6, 6.07) is 16.0. The van der Waals surface area contributed by atoms with Crippen molar-refractivity contribution in [2.75, 3.05) is 5.43 Å². The first-order valence-corrected chi connectivity index (χ1v) is 6.11. The molecule has 4 heteroatoms. The minimum Gasteiger partial charge on any atom is -0.324 e. The number of benzene rings is 1. The van der Waals surface area contributed by atoms with Crippen molar-refractivity contribution >= 4 is 16.6 Å². The van der Waals surface area contributed by atoms with Crippen LogP contribution < -0.4 is 11.3 Å². The van der Waals surface area contributed by atoms with Crippen LogP contribution in [0.4, 0.5) is 5.69 Å². The van der Waals surface area contributed by atoms with E-state index in [1.807, 2.05) is 36.4 Å². The molecule has 0 unspecified atom stereocenters. The summed E-state index contributed by atoms with van der Waals surface area (Å²) < 4.78 is 0. The molecule has 94 valence electrons. The summed E-state index contributed by atoms with van der Waals surface area (Å²) in [7, 11) is 0. The molecule has 2 aromatic heterocycles. The van der Waals surface area contributed by atoms with Crippen molar-refractivity contribution in [2.45, 2.75) is 6.42 Å². The SMILES string of the molecule is NNc1ccnc(Cc2ccc3ccccc3n2)c1. The molecular weight excluding hydrogens is 236 g/mol. The summed E-state index contributed by atoms with van der Waals surface area (Å²) in [6.07, 6.45) is 2.44. The largest absolute Gasteiger partial charge is 0.324 e. The number of anilines is 1. The Morgan fingerprint density at radius 2 is 1.89 bits per heavy atom. The van der Waals surface area contributed by atoms with Gasteiger partial charge in [-0.1, -0.05) is 24.3 Å². The van der Waals surface area contributed by atoms with E-state index in [2.05, 4.69) is 27.5 Å². The quantitative estimate of drug-likeness (QED) is 0.554. The van der Waals surface area contributed by atoms with Crippen molar-refractivity contribution in [3.8, 4) is 0 Å². The third-order valence-electron chi connectivity index (χ3n) is 3.00. The van der Waals surface area contributed by atoms with Gasteiger partial charge in [-0.25, -0.2) is 0 Å². The molecule has 0 saturated heterocycles. The molecule has 0 aliphatic heterocycles. The Balaban J connectivity index is 1.92. The first kappa shape index (κ1) is 11.6. The molecule has 0 aliphatic rings. The first-order valence-electron chi connectivity index (χ1n) is 6.11. The fourth-order valence-corrected chi connectivity index (χ4v) is 2.06. The molecule has 2 heterocycles. The zero-order valence-electron chi connectivity index (χ0n) is 10.4. The van der Waals surface area contributed by atoms with Gasteiger partial charge in [0.1, 0.15) is 0 Å². The molecule has 1 aromatic carbocycles. The molecule has 0 aliphatic carbocycles. The number of pyridine rings is 2. The van der Waals surface area contributed by atoms with E-state index in [-0.39, 0.29) is 0 Å². The molecule has 3 aromatic rings. The van der Waals surface area contributed by atoms with Crippen molar-refractivity contribution < 1.29 is 0 Å². The van der Waals surface area contributed by atoms with Crippen molar-refractivity contribution in [2.24, 2.45) is 5.84 Å². The van der Waals surface area contributed by atoms with Gasteiger partial charge in [0.2, 0.25) is 0 Å². The molecule has 0 fully saturated rings. The molecular formula is C15H14N4. The van der Waals surface area contributed by atoms with E-state index in [1.54, 1.807) is 6.20 Å². The zero-order chi connectivity index (χ0) is 13.1. The lowest BCUT2D eigenvalue weighted by atomic mass is 10.1. The average Bonchev–Trinajstić information content (AvgIpc) is 2.47. The van der Waals surface area contributed by atoms with E-state index in [0.29, 0.717) is 6.42 Å². The Hall–Kier alpha value is -2.46. The number of hydrogen-bond acceptors (Lipinski definition) is 4. The van der Waals surface area contributed by atoms with Crippen LogP contribution in [0.15, 0.2) is 54.7 Å². The molecule has 3 rings (SSSR count). The van der Waals surface area contributed by atoms with Gasteiger partial charge in [-0.05, 0) is 24.3 Å². The van der Waals surface area contributed by atoms with Crippen LogP contribution in [0.1, 0.15) is 11.4 Å². The molecule has 0 amide bonds. The Kier molecular flexibility index (Phi) is 3.08. The van der Waals surface area contributed by atoms with E-state index in [9.17, 15) is 0 Å². The Labute approximate surface area is 111 Å². The lowest BCUT2D eigenvalue weighted by Gasteiger charge is -2.05. The lowest BCUT2D eigenvalue weighted by molar-refractivity contribution is 1.02. The van der Waals surface area contributed by atoms with Crippen LogP contribution in [0.25, 0.3) is 10.9 Å². The average molecular weight is 250 g/mol. The number of nitrogens with one attached hydrogen (secondary N) is 1. The molecule has 0 spiro atoms. The van der Waals surface area contributed by atoms with Gasteiger partial charge < -0.3 is 5.43 Å². The van der Waals surface area contributed by atoms with Crippen molar-refractivity contribution in [1.82, 2.24) is 9.97 Å². The maximum absolute atomic E-state index is 5.39. The Morgan fingerprint density at radius 3 is 2.79 bits per heavy atom. The number of hydrogen-bond donors (Lipinski definition) is 2. The van der Waals surface area contributed by atoms with Gasteiger partial charge in [-0.2, -0.15) is 0 Å². The number of aromatic nitrogens is 2. The van der Waals surface area contributed by atoms with Gasteiger partial charge in [0.25, 0.3) is 0 Å². The van der Waals surface area contributed by atoms with Crippen LogP contribution in [0.3, 0.4) is 0 Å². The van der Waals surface area contributed by atoms with E-state index in [4.69, 9.17) is 5.84 Å². The fraction of sp³-hybridized carbons (Fsp3) is 0.0667. The maximum Gasteiger partial charge on any atom is 0.0705 e. The Bertz CT molecular complexity index is 709. The first-order chi connectivity index (χ1) is 9.35. The van der Waals surface area contributed by atoms with E-state index in [1.165, 1.54) is 0 Å². The second-order valence-electron chi connectivity index (χ2n) is 4.35.